The third kappa shape index (κ3) is 8.20. The van der Waals surface area contributed by atoms with Gasteiger partial charge in [0.2, 0.25) is 0 Å². The molecule has 2 rings (SSSR count). The Hall–Kier alpha value is -3.22. The van der Waals surface area contributed by atoms with Crippen LogP contribution in [0.5, 0.6) is 0 Å². The summed E-state index contributed by atoms with van der Waals surface area (Å²) in [6, 6.07) is 15.2. The number of benzene rings is 2. The lowest BCUT2D eigenvalue weighted by molar-refractivity contribution is -0.000205. The molecule has 2 amide bonds. The molecule has 2 aromatic carbocycles. The molecular formula is C24H33N3O4. The monoisotopic (exact) mass is 427 g/mol. The number of amides is 2. The predicted octanol–water partition coefficient (Wildman–Crippen LogP) is 5.55. The van der Waals surface area contributed by atoms with Crippen molar-refractivity contribution in [1.82, 2.24) is 4.90 Å². The molecule has 0 unspecified atom stereocenters. The third-order valence-corrected chi connectivity index (χ3v) is 4.01. The Kier molecular flexibility index (Phi) is 7.55. The summed E-state index contributed by atoms with van der Waals surface area (Å²) < 4.78 is 10.9. The molecule has 168 valence electrons. The van der Waals surface area contributed by atoms with E-state index in [1.807, 2.05) is 36.4 Å². The van der Waals surface area contributed by atoms with Gasteiger partial charge in [0.1, 0.15) is 11.2 Å². The van der Waals surface area contributed by atoms with Gasteiger partial charge >= 0.3 is 12.2 Å². The molecule has 0 aromatic heterocycles. The van der Waals surface area contributed by atoms with E-state index in [0.29, 0.717) is 17.8 Å². The topological polar surface area (TPSA) is 93.9 Å². The first-order chi connectivity index (χ1) is 14.3. The van der Waals surface area contributed by atoms with Crippen LogP contribution in [0.3, 0.4) is 0 Å². The zero-order valence-corrected chi connectivity index (χ0v) is 19.2. The number of imide groups is 1. The number of nitrogens with zero attached hydrogens (tertiary/aromatic N) is 1. The highest BCUT2D eigenvalue weighted by Crippen LogP contribution is 2.24. The molecule has 0 radical (unpaired) electrons. The fraction of sp³-hybridized carbons (Fsp3) is 0.417. The van der Waals surface area contributed by atoms with Crippen molar-refractivity contribution in [2.45, 2.75) is 65.8 Å². The second-order valence-electron chi connectivity index (χ2n) is 9.30. The largest absolute Gasteiger partial charge is 0.443 e. The standard InChI is InChI=1S/C24H33N3O4/c1-23(2,3)30-21(28)27(22(29)31-24(4,5)6)16-18-14-19(25)12-13-20(18)26-15-17-10-8-7-9-11-17/h7-14,26H,15-16,25H2,1-6H3. The number of nitrogens with two attached hydrogens (primary N) is 1. The van der Waals surface area contributed by atoms with Crippen molar-refractivity contribution < 1.29 is 19.1 Å². The quantitative estimate of drug-likeness (QED) is 0.607. The Bertz CT molecular complexity index is 871. The summed E-state index contributed by atoms with van der Waals surface area (Å²) >= 11 is 0. The van der Waals surface area contributed by atoms with Gasteiger partial charge in [-0.1, -0.05) is 30.3 Å². The Morgan fingerprint density at radius 1 is 0.903 bits per heavy atom. The molecule has 0 saturated carbocycles. The Morgan fingerprint density at radius 2 is 1.45 bits per heavy atom. The van der Waals surface area contributed by atoms with Gasteiger partial charge in [0.25, 0.3) is 0 Å². The highest BCUT2D eigenvalue weighted by atomic mass is 16.6. The van der Waals surface area contributed by atoms with Crippen molar-refractivity contribution in [3.63, 3.8) is 0 Å². The smallest absolute Gasteiger partial charge is 0.420 e. The van der Waals surface area contributed by atoms with E-state index in [9.17, 15) is 9.59 Å². The zero-order chi connectivity index (χ0) is 23.2. The third-order valence-electron chi connectivity index (χ3n) is 4.01. The molecule has 7 heteroatoms. The zero-order valence-electron chi connectivity index (χ0n) is 19.2. The Morgan fingerprint density at radius 3 is 1.97 bits per heavy atom. The van der Waals surface area contributed by atoms with Gasteiger partial charge in [-0.05, 0) is 70.9 Å². The molecule has 0 spiro atoms. The fourth-order valence-electron chi connectivity index (χ4n) is 2.72. The van der Waals surface area contributed by atoms with Gasteiger partial charge < -0.3 is 20.5 Å². The fourth-order valence-corrected chi connectivity index (χ4v) is 2.72. The molecular weight excluding hydrogens is 394 g/mol. The van der Waals surface area contributed by atoms with E-state index in [-0.39, 0.29) is 6.54 Å². The Balaban J connectivity index is 2.30. The number of anilines is 2. The molecule has 0 atom stereocenters. The van der Waals surface area contributed by atoms with E-state index in [4.69, 9.17) is 15.2 Å². The van der Waals surface area contributed by atoms with Gasteiger partial charge in [-0.15, -0.1) is 0 Å². The van der Waals surface area contributed by atoms with Crippen molar-refractivity contribution in [2.24, 2.45) is 0 Å². The number of nitrogen functional groups attached to an aromatic ring is 1. The maximum absolute atomic E-state index is 12.8. The highest BCUT2D eigenvalue weighted by Gasteiger charge is 2.31. The van der Waals surface area contributed by atoms with E-state index in [1.54, 1.807) is 53.7 Å². The maximum atomic E-state index is 12.8. The summed E-state index contributed by atoms with van der Waals surface area (Å²) in [5, 5.41) is 3.35. The van der Waals surface area contributed by atoms with Gasteiger partial charge in [0.05, 0.1) is 6.54 Å². The van der Waals surface area contributed by atoms with Crippen LogP contribution in [0.2, 0.25) is 0 Å². The van der Waals surface area contributed by atoms with Crippen molar-refractivity contribution in [2.75, 3.05) is 11.1 Å². The van der Waals surface area contributed by atoms with Gasteiger partial charge in [-0.2, -0.15) is 0 Å². The van der Waals surface area contributed by atoms with Crippen molar-refractivity contribution in [3.8, 4) is 0 Å². The van der Waals surface area contributed by atoms with Crippen molar-refractivity contribution in [3.05, 3.63) is 59.7 Å². The molecule has 0 aliphatic rings. The molecule has 0 heterocycles. The van der Waals surface area contributed by atoms with Crippen LogP contribution in [0.15, 0.2) is 48.5 Å². The normalized spacial score (nSPS) is 11.5. The molecule has 2 aromatic rings. The first kappa shape index (κ1) is 24.1. The summed E-state index contributed by atoms with van der Waals surface area (Å²) in [6.45, 7) is 11.0. The van der Waals surface area contributed by atoms with Crippen LogP contribution in [0.4, 0.5) is 21.0 Å². The van der Waals surface area contributed by atoms with Gasteiger partial charge in [-0.25, -0.2) is 14.5 Å². The van der Waals surface area contributed by atoms with E-state index < -0.39 is 23.4 Å². The van der Waals surface area contributed by atoms with Crippen LogP contribution in [0.25, 0.3) is 0 Å². The van der Waals surface area contributed by atoms with Crippen LogP contribution >= 0.6 is 0 Å². The van der Waals surface area contributed by atoms with E-state index in [0.717, 1.165) is 16.2 Å². The summed E-state index contributed by atoms with van der Waals surface area (Å²) in [7, 11) is 0. The van der Waals surface area contributed by atoms with Crippen molar-refractivity contribution >= 4 is 23.6 Å². The number of hydrogen-bond acceptors (Lipinski definition) is 6. The number of carbonyl (C=O) groups is 2. The highest BCUT2D eigenvalue weighted by molar-refractivity contribution is 5.88. The molecule has 31 heavy (non-hydrogen) atoms. The average molecular weight is 428 g/mol. The minimum Gasteiger partial charge on any atom is -0.443 e. The van der Waals surface area contributed by atoms with E-state index in [1.165, 1.54) is 0 Å². The SMILES string of the molecule is CC(C)(C)OC(=O)N(Cc1cc(N)ccc1NCc1ccccc1)C(=O)OC(C)(C)C. The molecule has 0 saturated heterocycles. The summed E-state index contributed by atoms with van der Waals surface area (Å²) in [5.41, 5.74) is 7.52. The maximum Gasteiger partial charge on any atom is 0.420 e. The number of hydrogen-bond donors (Lipinski definition) is 2. The van der Waals surface area contributed by atoms with Crippen LogP contribution in [0, 0.1) is 0 Å². The number of ether oxygens (including phenoxy) is 2. The molecule has 0 aliphatic carbocycles. The van der Waals surface area contributed by atoms with Gasteiger partial charge in [-0.3, -0.25) is 0 Å². The molecule has 0 fully saturated rings. The number of rotatable bonds is 5. The average Bonchev–Trinajstić information content (AvgIpc) is 2.63. The minimum absolute atomic E-state index is 0.0496. The lowest BCUT2D eigenvalue weighted by Gasteiger charge is -2.29. The lowest BCUT2D eigenvalue weighted by Crippen LogP contribution is -2.43. The Labute approximate surface area is 184 Å². The molecule has 7 nitrogen and oxygen atoms in total. The first-order valence-electron chi connectivity index (χ1n) is 10.2. The molecule has 0 bridgehead atoms. The summed E-state index contributed by atoms with van der Waals surface area (Å²) in [4.78, 5) is 26.6. The van der Waals surface area contributed by atoms with Crippen LogP contribution < -0.4 is 11.1 Å². The van der Waals surface area contributed by atoms with Crippen LogP contribution in [0.1, 0.15) is 52.7 Å². The molecule has 0 aliphatic heterocycles. The first-order valence-corrected chi connectivity index (χ1v) is 10.2. The van der Waals surface area contributed by atoms with Crippen LogP contribution in [-0.4, -0.2) is 28.3 Å². The van der Waals surface area contributed by atoms with E-state index >= 15 is 0 Å². The lowest BCUT2D eigenvalue weighted by atomic mass is 10.1. The number of nitrogens with one attached hydrogen (secondary N) is 1. The van der Waals surface area contributed by atoms with Gasteiger partial charge in [0.15, 0.2) is 0 Å². The predicted molar refractivity (Wildman–Crippen MR) is 123 cm³/mol. The summed E-state index contributed by atoms with van der Waals surface area (Å²) in [6.07, 6.45) is -1.56. The van der Waals surface area contributed by atoms with Crippen molar-refractivity contribution in [1.29, 1.82) is 0 Å². The molecule has 3 N–H and O–H groups in total. The minimum atomic E-state index is -0.779. The second kappa shape index (κ2) is 9.73. The van der Waals surface area contributed by atoms with Crippen LogP contribution in [-0.2, 0) is 22.6 Å². The number of carbonyl (C=O) groups excluding carboxylic acids is 2. The second-order valence-corrected chi connectivity index (χ2v) is 9.30. The van der Waals surface area contributed by atoms with E-state index in [2.05, 4.69) is 5.32 Å². The van der Waals surface area contributed by atoms with Gasteiger partial charge in [0, 0.05) is 17.9 Å². The summed E-state index contributed by atoms with van der Waals surface area (Å²) in [5.74, 6) is 0.